The van der Waals surface area contributed by atoms with Gasteiger partial charge in [0.2, 0.25) is 0 Å². The molecule has 1 atom stereocenters. The van der Waals surface area contributed by atoms with Crippen molar-refractivity contribution in [3.63, 3.8) is 0 Å². The Morgan fingerprint density at radius 1 is 1.63 bits per heavy atom. The molecule has 1 saturated heterocycles. The molecule has 1 aliphatic heterocycles. The van der Waals surface area contributed by atoms with Crippen LogP contribution in [0.3, 0.4) is 0 Å². The lowest BCUT2D eigenvalue weighted by atomic mass is 10.3. The number of pyridine rings is 1. The van der Waals surface area contributed by atoms with Gasteiger partial charge in [-0.1, -0.05) is 11.6 Å². The molecular weight excluding hydrogens is 284 g/mol. The van der Waals surface area contributed by atoms with Crippen LogP contribution < -0.4 is 0 Å². The standard InChI is InChI=1S/C13H13ClN2O2S/c1-18-8-3-5-16(7-8)13(17)11-6-10-12(19-11)9(14)2-4-15-10/h2,4,6,8H,3,5,7H2,1H3/t8-/m0/s1. The Morgan fingerprint density at radius 2 is 2.47 bits per heavy atom. The first-order valence-corrected chi connectivity index (χ1v) is 7.24. The molecule has 3 heterocycles. The van der Waals surface area contributed by atoms with E-state index in [1.165, 1.54) is 11.3 Å². The molecule has 1 fully saturated rings. The lowest BCUT2D eigenvalue weighted by Gasteiger charge is -2.14. The average molecular weight is 297 g/mol. The Labute approximate surface area is 119 Å². The fourth-order valence-electron chi connectivity index (χ4n) is 2.27. The predicted molar refractivity (Wildman–Crippen MR) is 75.9 cm³/mol. The van der Waals surface area contributed by atoms with Gasteiger partial charge in [-0.2, -0.15) is 0 Å². The van der Waals surface area contributed by atoms with E-state index < -0.39 is 0 Å². The highest BCUT2D eigenvalue weighted by molar-refractivity contribution is 7.21. The molecule has 2 aromatic heterocycles. The molecule has 1 amide bonds. The Hall–Kier alpha value is -1.17. The molecule has 0 bridgehead atoms. The number of likely N-dealkylation sites (tertiary alicyclic amines) is 1. The van der Waals surface area contributed by atoms with Gasteiger partial charge in [0, 0.05) is 26.4 Å². The predicted octanol–water partition coefficient (Wildman–Crippen LogP) is 2.81. The topological polar surface area (TPSA) is 42.4 Å². The molecule has 0 aliphatic carbocycles. The summed E-state index contributed by atoms with van der Waals surface area (Å²) in [5.41, 5.74) is 0.781. The van der Waals surface area contributed by atoms with Gasteiger partial charge in [0.15, 0.2) is 0 Å². The fraction of sp³-hybridized carbons (Fsp3) is 0.385. The monoisotopic (exact) mass is 296 g/mol. The Balaban J connectivity index is 1.88. The number of aromatic nitrogens is 1. The van der Waals surface area contributed by atoms with Crippen molar-refractivity contribution in [3.05, 3.63) is 28.2 Å². The zero-order valence-corrected chi connectivity index (χ0v) is 12.0. The summed E-state index contributed by atoms with van der Waals surface area (Å²) in [6.07, 6.45) is 2.70. The summed E-state index contributed by atoms with van der Waals surface area (Å²) >= 11 is 7.51. The SMILES string of the molecule is CO[C@H]1CCN(C(=O)c2cc3nccc(Cl)c3s2)C1. The van der Waals surface area contributed by atoms with Crippen LogP contribution in [-0.2, 0) is 4.74 Å². The first-order valence-electron chi connectivity index (χ1n) is 6.05. The van der Waals surface area contributed by atoms with Crippen molar-refractivity contribution in [1.82, 2.24) is 9.88 Å². The van der Waals surface area contributed by atoms with Gasteiger partial charge in [-0.15, -0.1) is 11.3 Å². The highest BCUT2D eigenvalue weighted by Crippen LogP contribution is 2.31. The van der Waals surface area contributed by atoms with Crippen molar-refractivity contribution in [2.45, 2.75) is 12.5 Å². The summed E-state index contributed by atoms with van der Waals surface area (Å²) in [4.78, 5) is 19.1. The van der Waals surface area contributed by atoms with Crippen molar-refractivity contribution < 1.29 is 9.53 Å². The normalized spacial score (nSPS) is 19.3. The maximum absolute atomic E-state index is 12.4. The van der Waals surface area contributed by atoms with Crippen LogP contribution in [0.1, 0.15) is 16.1 Å². The van der Waals surface area contributed by atoms with E-state index in [0.29, 0.717) is 16.4 Å². The minimum absolute atomic E-state index is 0.0404. The summed E-state index contributed by atoms with van der Waals surface area (Å²) in [6, 6.07) is 3.56. The molecule has 6 heteroatoms. The van der Waals surface area contributed by atoms with Gasteiger partial charge in [0.1, 0.15) is 0 Å². The molecule has 0 aromatic carbocycles. The van der Waals surface area contributed by atoms with Crippen LogP contribution in [0, 0.1) is 0 Å². The number of hydrogen-bond donors (Lipinski definition) is 0. The highest BCUT2D eigenvalue weighted by atomic mass is 35.5. The Bertz CT molecular complexity index is 628. The van der Waals surface area contributed by atoms with Crippen molar-refractivity contribution in [2.24, 2.45) is 0 Å². The van der Waals surface area contributed by atoms with E-state index in [1.807, 2.05) is 11.0 Å². The van der Waals surface area contributed by atoms with Gasteiger partial charge in [-0.3, -0.25) is 9.78 Å². The second kappa shape index (κ2) is 5.07. The van der Waals surface area contributed by atoms with E-state index in [1.54, 1.807) is 19.4 Å². The molecule has 2 aromatic rings. The largest absolute Gasteiger partial charge is 0.380 e. The second-order valence-corrected chi connectivity index (χ2v) is 5.97. The van der Waals surface area contributed by atoms with Crippen LogP contribution in [0.5, 0.6) is 0 Å². The molecule has 0 radical (unpaired) electrons. The number of fused-ring (bicyclic) bond motifs is 1. The summed E-state index contributed by atoms with van der Waals surface area (Å²) in [5.74, 6) is 0.0404. The van der Waals surface area contributed by atoms with E-state index >= 15 is 0 Å². The highest BCUT2D eigenvalue weighted by Gasteiger charge is 2.27. The molecule has 3 rings (SSSR count). The molecule has 0 N–H and O–H groups in total. The van der Waals surface area contributed by atoms with Crippen molar-refractivity contribution in [3.8, 4) is 0 Å². The summed E-state index contributed by atoms with van der Waals surface area (Å²) in [7, 11) is 1.68. The second-order valence-electron chi connectivity index (χ2n) is 4.52. The first kappa shape index (κ1) is 12.8. The van der Waals surface area contributed by atoms with Gasteiger partial charge in [-0.05, 0) is 18.6 Å². The number of halogens is 1. The summed E-state index contributed by atoms with van der Waals surface area (Å²) in [5, 5.41) is 0.644. The number of carbonyl (C=O) groups is 1. The number of rotatable bonds is 2. The van der Waals surface area contributed by atoms with Crippen LogP contribution in [0.2, 0.25) is 5.02 Å². The van der Waals surface area contributed by atoms with Crippen molar-refractivity contribution in [1.29, 1.82) is 0 Å². The van der Waals surface area contributed by atoms with Crippen LogP contribution >= 0.6 is 22.9 Å². The van der Waals surface area contributed by atoms with Crippen molar-refractivity contribution >= 4 is 39.1 Å². The molecular formula is C13H13ClN2O2S. The van der Waals surface area contributed by atoms with Crippen LogP contribution in [-0.4, -0.2) is 42.1 Å². The Kier molecular flexibility index (Phi) is 3.43. The molecule has 100 valence electrons. The van der Waals surface area contributed by atoms with Crippen LogP contribution in [0.4, 0.5) is 0 Å². The number of ether oxygens (including phenoxy) is 1. The van der Waals surface area contributed by atoms with E-state index in [9.17, 15) is 4.79 Å². The van der Waals surface area contributed by atoms with E-state index in [0.717, 1.165) is 23.2 Å². The van der Waals surface area contributed by atoms with Crippen molar-refractivity contribution in [2.75, 3.05) is 20.2 Å². The smallest absolute Gasteiger partial charge is 0.264 e. The first-order chi connectivity index (χ1) is 9.19. The lowest BCUT2D eigenvalue weighted by Crippen LogP contribution is -2.29. The van der Waals surface area contributed by atoms with Gasteiger partial charge >= 0.3 is 0 Å². The summed E-state index contributed by atoms with van der Waals surface area (Å²) < 4.78 is 6.15. The molecule has 1 aliphatic rings. The quantitative estimate of drug-likeness (QED) is 0.856. The number of nitrogens with zero attached hydrogens (tertiary/aromatic N) is 2. The fourth-order valence-corrected chi connectivity index (χ4v) is 3.53. The number of amides is 1. The van der Waals surface area contributed by atoms with Gasteiger partial charge in [0.25, 0.3) is 5.91 Å². The number of hydrogen-bond acceptors (Lipinski definition) is 4. The molecule has 19 heavy (non-hydrogen) atoms. The van der Waals surface area contributed by atoms with Crippen LogP contribution in [0.25, 0.3) is 10.2 Å². The lowest BCUT2D eigenvalue weighted by molar-refractivity contribution is 0.0728. The molecule has 0 unspecified atom stereocenters. The summed E-state index contributed by atoms with van der Waals surface area (Å²) in [6.45, 7) is 1.40. The van der Waals surface area contributed by atoms with Gasteiger partial charge in [0.05, 0.1) is 26.2 Å². The number of methoxy groups -OCH3 is 1. The Morgan fingerprint density at radius 3 is 3.16 bits per heavy atom. The molecule has 0 saturated carbocycles. The molecule has 0 spiro atoms. The van der Waals surface area contributed by atoms with Crippen LogP contribution in [0.15, 0.2) is 18.3 Å². The van der Waals surface area contributed by atoms with Gasteiger partial charge < -0.3 is 9.64 Å². The maximum atomic E-state index is 12.4. The third-order valence-electron chi connectivity index (χ3n) is 3.34. The zero-order valence-electron chi connectivity index (χ0n) is 10.4. The van der Waals surface area contributed by atoms with E-state index in [-0.39, 0.29) is 12.0 Å². The minimum Gasteiger partial charge on any atom is -0.380 e. The third kappa shape index (κ3) is 2.33. The number of thiophene rings is 1. The van der Waals surface area contributed by atoms with Gasteiger partial charge in [-0.25, -0.2) is 0 Å². The van der Waals surface area contributed by atoms with E-state index in [2.05, 4.69) is 4.98 Å². The average Bonchev–Trinajstić information content (AvgIpc) is 3.05. The number of carbonyl (C=O) groups excluding carboxylic acids is 1. The van der Waals surface area contributed by atoms with E-state index in [4.69, 9.17) is 16.3 Å². The zero-order chi connectivity index (χ0) is 13.4. The molecule has 4 nitrogen and oxygen atoms in total. The minimum atomic E-state index is 0.0404. The maximum Gasteiger partial charge on any atom is 0.264 e. The third-order valence-corrected chi connectivity index (χ3v) is 4.91.